The molecule has 2 heteroatoms. The van der Waals surface area contributed by atoms with Gasteiger partial charge in [-0.15, -0.1) is 0 Å². The molecule has 4 rings (SSSR count). The summed E-state index contributed by atoms with van der Waals surface area (Å²) >= 11 is 0. The Morgan fingerprint density at radius 3 is 2.19 bits per heavy atom. The Morgan fingerprint density at radius 2 is 1.58 bits per heavy atom. The molecule has 0 N–H and O–H groups in total. The van der Waals surface area contributed by atoms with E-state index in [9.17, 15) is 0 Å². The average molecular weight is 359 g/mol. The fourth-order valence-electron chi connectivity index (χ4n) is 3.81. The second-order valence-corrected chi connectivity index (χ2v) is 13.5. The fraction of sp³-hybridized carbons (Fsp3) is 0.250. The van der Waals surface area contributed by atoms with E-state index in [2.05, 4.69) is 75.1 Å². The molecule has 1 nitrogen and oxygen atoms in total. The first-order chi connectivity index (χ1) is 12.3. The van der Waals surface area contributed by atoms with E-state index >= 15 is 0 Å². The molecule has 0 unspecified atom stereocenters. The lowest BCUT2D eigenvalue weighted by atomic mass is 9.93. The first kappa shape index (κ1) is 17.1. The van der Waals surface area contributed by atoms with Crippen LogP contribution in [-0.4, -0.2) is 8.07 Å². The van der Waals surface area contributed by atoms with Crippen LogP contribution in [0.4, 0.5) is 0 Å². The number of aryl methyl sites for hydroxylation is 2. The molecular formula is C24H26OSi. The first-order valence-electron chi connectivity index (χ1n) is 9.34. The molecule has 0 saturated heterocycles. The van der Waals surface area contributed by atoms with Gasteiger partial charge in [0.25, 0.3) is 0 Å². The highest BCUT2D eigenvalue weighted by Gasteiger charge is 2.22. The Labute approximate surface area is 157 Å². The third-order valence-corrected chi connectivity index (χ3v) is 7.41. The van der Waals surface area contributed by atoms with Crippen LogP contribution in [0.3, 0.4) is 0 Å². The summed E-state index contributed by atoms with van der Waals surface area (Å²) in [5, 5.41) is 1.51. The molecule has 1 heterocycles. The van der Waals surface area contributed by atoms with Gasteiger partial charge in [-0.25, -0.2) is 0 Å². The molecule has 0 spiro atoms. The zero-order chi connectivity index (χ0) is 18.5. The minimum Gasteiger partial charge on any atom is -0.462 e. The molecule has 1 aliphatic carbocycles. The molecule has 0 atom stereocenters. The summed E-state index contributed by atoms with van der Waals surface area (Å²) < 4.78 is 5.86. The van der Waals surface area contributed by atoms with Crippen molar-refractivity contribution in [3.63, 3.8) is 0 Å². The van der Waals surface area contributed by atoms with Crippen LogP contribution >= 0.6 is 0 Å². The van der Waals surface area contributed by atoms with Crippen LogP contribution in [-0.2, 0) is 6.42 Å². The number of allylic oxidation sites excluding steroid dienone is 1. The summed E-state index contributed by atoms with van der Waals surface area (Å²) in [6, 6.07) is 17.9. The van der Waals surface area contributed by atoms with E-state index < -0.39 is 8.07 Å². The number of furan rings is 1. The molecule has 0 aliphatic heterocycles. The summed E-state index contributed by atoms with van der Waals surface area (Å²) in [5.41, 5.74) is 8.03. The summed E-state index contributed by atoms with van der Waals surface area (Å²) in [5.74, 6) is 1.96. The quantitative estimate of drug-likeness (QED) is 0.508. The van der Waals surface area contributed by atoms with Crippen LogP contribution in [0.2, 0.25) is 19.6 Å². The molecule has 2 aromatic carbocycles. The van der Waals surface area contributed by atoms with Gasteiger partial charge >= 0.3 is 0 Å². The van der Waals surface area contributed by atoms with Crippen molar-refractivity contribution in [3.8, 4) is 11.1 Å². The van der Waals surface area contributed by atoms with Crippen molar-refractivity contribution in [2.45, 2.75) is 39.9 Å². The SMILES string of the molecule is Cc1ccc(C2=Cc3c(ccc(C)c3-c3ccc([Si](C)(C)C)cc3)C2)o1. The number of benzene rings is 2. The topological polar surface area (TPSA) is 13.1 Å². The van der Waals surface area contributed by atoms with E-state index in [1.807, 2.05) is 13.0 Å². The fourth-order valence-corrected chi connectivity index (χ4v) is 4.97. The van der Waals surface area contributed by atoms with Crippen LogP contribution in [0.25, 0.3) is 22.8 Å². The van der Waals surface area contributed by atoms with E-state index in [4.69, 9.17) is 4.42 Å². The third kappa shape index (κ3) is 2.99. The molecule has 0 radical (unpaired) electrons. The number of hydrogen-bond acceptors (Lipinski definition) is 1. The van der Waals surface area contributed by atoms with E-state index in [1.54, 1.807) is 0 Å². The van der Waals surface area contributed by atoms with Gasteiger partial charge in [-0.05, 0) is 65.4 Å². The van der Waals surface area contributed by atoms with Crippen LogP contribution in [0, 0.1) is 13.8 Å². The van der Waals surface area contributed by atoms with Gasteiger partial charge in [-0.2, -0.15) is 0 Å². The van der Waals surface area contributed by atoms with Gasteiger partial charge in [-0.3, -0.25) is 0 Å². The minimum atomic E-state index is -1.27. The second kappa shape index (κ2) is 6.13. The molecule has 0 bridgehead atoms. The van der Waals surface area contributed by atoms with Crippen molar-refractivity contribution in [2.24, 2.45) is 0 Å². The van der Waals surface area contributed by atoms with E-state index in [0.717, 1.165) is 17.9 Å². The lowest BCUT2D eigenvalue weighted by Crippen LogP contribution is -2.37. The third-order valence-electron chi connectivity index (χ3n) is 5.34. The standard InChI is InChI=1S/C24H26OSi/c1-16-6-8-19-14-20(23-13-7-17(2)25-23)15-22(19)24(16)18-9-11-21(12-10-18)26(3,4)5/h6-13,15H,14H2,1-5H3. The highest BCUT2D eigenvalue weighted by Crippen LogP contribution is 2.39. The summed E-state index contributed by atoms with van der Waals surface area (Å²) in [6.45, 7) is 11.4. The van der Waals surface area contributed by atoms with Crippen LogP contribution in [0.15, 0.2) is 52.9 Å². The van der Waals surface area contributed by atoms with Crippen LogP contribution < -0.4 is 5.19 Å². The van der Waals surface area contributed by atoms with Gasteiger partial charge < -0.3 is 4.42 Å². The first-order valence-corrected chi connectivity index (χ1v) is 12.8. The number of hydrogen-bond donors (Lipinski definition) is 0. The maximum Gasteiger partial charge on any atom is 0.130 e. The molecule has 1 aliphatic rings. The Morgan fingerprint density at radius 1 is 0.846 bits per heavy atom. The minimum absolute atomic E-state index is 0.947. The zero-order valence-electron chi connectivity index (χ0n) is 16.3. The Balaban J connectivity index is 1.80. The predicted molar refractivity (Wildman–Crippen MR) is 115 cm³/mol. The molecule has 1 aromatic heterocycles. The van der Waals surface area contributed by atoms with Gasteiger partial charge in [-0.1, -0.05) is 61.2 Å². The molecule has 0 fully saturated rings. The number of fused-ring (bicyclic) bond motifs is 1. The Hall–Kier alpha value is -2.32. The maximum absolute atomic E-state index is 5.86. The molecule has 132 valence electrons. The normalized spacial score (nSPS) is 13.7. The van der Waals surface area contributed by atoms with Crippen molar-refractivity contribution in [1.29, 1.82) is 0 Å². The van der Waals surface area contributed by atoms with Gasteiger partial charge in [0.1, 0.15) is 11.5 Å². The smallest absolute Gasteiger partial charge is 0.130 e. The summed E-state index contributed by atoms with van der Waals surface area (Å²) in [6.07, 6.45) is 3.27. The van der Waals surface area contributed by atoms with Crippen LogP contribution in [0.1, 0.15) is 28.2 Å². The molecule has 0 saturated carbocycles. The summed E-state index contributed by atoms with van der Waals surface area (Å²) in [4.78, 5) is 0. The second-order valence-electron chi connectivity index (χ2n) is 8.41. The Kier molecular flexibility index (Phi) is 4.04. The molecule has 0 amide bonds. The largest absolute Gasteiger partial charge is 0.462 e. The maximum atomic E-state index is 5.86. The lowest BCUT2D eigenvalue weighted by molar-refractivity contribution is 0.521. The van der Waals surface area contributed by atoms with Crippen molar-refractivity contribution < 1.29 is 4.42 Å². The summed E-state index contributed by atoms with van der Waals surface area (Å²) in [7, 11) is -1.27. The van der Waals surface area contributed by atoms with Crippen molar-refractivity contribution in [3.05, 3.63) is 76.7 Å². The number of rotatable bonds is 3. The highest BCUT2D eigenvalue weighted by atomic mass is 28.3. The van der Waals surface area contributed by atoms with Gasteiger partial charge in [0, 0.05) is 6.42 Å². The Bertz CT molecular complexity index is 998. The van der Waals surface area contributed by atoms with Crippen molar-refractivity contribution in [2.75, 3.05) is 0 Å². The highest BCUT2D eigenvalue weighted by molar-refractivity contribution is 6.88. The lowest BCUT2D eigenvalue weighted by Gasteiger charge is -2.18. The predicted octanol–water partition coefficient (Wildman–Crippen LogP) is 6.21. The van der Waals surface area contributed by atoms with E-state index in [0.29, 0.717) is 0 Å². The van der Waals surface area contributed by atoms with E-state index in [1.165, 1.54) is 38.6 Å². The van der Waals surface area contributed by atoms with Gasteiger partial charge in [0.05, 0.1) is 8.07 Å². The van der Waals surface area contributed by atoms with Crippen molar-refractivity contribution in [1.82, 2.24) is 0 Å². The molecular weight excluding hydrogens is 332 g/mol. The zero-order valence-corrected chi connectivity index (χ0v) is 17.3. The van der Waals surface area contributed by atoms with Gasteiger partial charge in [0.15, 0.2) is 0 Å². The molecule has 26 heavy (non-hydrogen) atoms. The molecule has 3 aromatic rings. The average Bonchev–Trinajstić information content (AvgIpc) is 3.20. The van der Waals surface area contributed by atoms with Crippen molar-refractivity contribution >= 4 is 24.9 Å². The van der Waals surface area contributed by atoms with E-state index in [-0.39, 0.29) is 0 Å². The monoisotopic (exact) mass is 358 g/mol. The van der Waals surface area contributed by atoms with Crippen LogP contribution in [0.5, 0.6) is 0 Å². The van der Waals surface area contributed by atoms with Gasteiger partial charge in [0.2, 0.25) is 0 Å².